The highest BCUT2D eigenvalue weighted by molar-refractivity contribution is 6.30. The molecule has 7 nitrogen and oxygen atoms in total. The Bertz CT molecular complexity index is 883. The zero-order chi connectivity index (χ0) is 18.8. The molecule has 0 bridgehead atoms. The van der Waals surface area contributed by atoms with Crippen LogP contribution in [0.25, 0.3) is 0 Å². The van der Waals surface area contributed by atoms with E-state index in [1.807, 2.05) is 12.1 Å². The van der Waals surface area contributed by atoms with Crippen LogP contribution in [0.5, 0.6) is 0 Å². The van der Waals surface area contributed by atoms with Crippen LogP contribution in [0, 0.1) is 16.0 Å². The van der Waals surface area contributed by atoms with Gasteiger partial charge in [0, 0.05) is 30.0 Å². The summed E-state index contributed by atoms with van der Waals surface area (Å²) < 4.78 is 0. The van der Waals surface area contributed by atoms with E-state index in [-0.39, 0.29) is 29.6 Å². The van der Waals surface area contributed by atoms with Gasteiger partial charge in [-0.3, -0.25) is 24.6 Å². The molecule has 0 aliphatic carbocycles. The van der Waals surface area contributed by atoms with Crippen molar-refractivity contribution < 1.29 is 14.5 Å². The number of carbonyl (C=O) groups excluding carboxylic acids is 2. The van der Waals surface area contributed by atoms with Crippen LogP contribution in [-0.4, -0.2) is 16.7 Å². The summed E-state index contributed by atoms with van der Waals surface area (Å²) in [6, 6.07) is 11.4. The Morgan fingerprint density at radius 1 is 1.23 bits per heavy atom. The summed E-state index contributed by atoms with van der Waals surface area (Å²) >= 11 is 5.84. The zero-order valence-corrected chi connectivity index (χ0v) is 14.7. The van der Waals surface area contributed by atoms with Crippen LogP contribution in [0.1, 0.15) is 18.9 Å². The summed E-state index contributed by atoms with van der Waals surface area (Å²) in [6.45, 7) is 2.03. The van der Waals surface area contributed by atoms with E-state index in [9.17, 15) is 19.7 Å². The van der Waals surface area contributed by atoms with Crippen LogP contribution in [0.3, 0.4) is 0 Å². The molecule has 2 aromatic carbocycles. The smallest absolute Gasteiger partial charge is 0.294 e. The first-order valence-corrected chi connectivity index (χ1v) is 8.38. The van der Waals surface area contributed by atoms with Gasteiger partial charge in [-0.1, -0.05) is 30.7 Å². The molecule has 1 aliphatic heterocycles. The van der Waals surface area contributed by atoms with Gasteiger partial charge in [0.15, 0.2) is 0 Å². The molecule has 134 valence electrons. The second-order valence-electron chi connectivity index (χ2n) is 6.11. The van der Waals surface area contributed by atoms with E-state index in [4.69, 9.17) is 11.6 Å². The number of imide groups is 1. The highest BCUT2D eigenvalue weighted by Crippen LogP contribution is 2.33. The van der Waals surface area contributed by atoms with E-state index in [1.165, 1.54) is 18.2 Å². The number of nitrogens with one attached hydrogen (secondary N) is 1. The van der Waals surface area contributed by atoms with Crippen molar-refractivity contribution in [3.05, 3.63) is 63.2 Å². The van der Waals surface area contributed by atoms with Crippen molar-refractivity contribution in [2.75, 3.05) is 10.2 Å². The monoisotopic (exact) mass is 373 g/mol. The first-order chi connectivity index (χ1) is 12.4. The molecule has 8 heteroatoms. The van der Waals surface area contributed by atoms with Crippen molar-refractivity contribution in [2.45, 2.75) is 19.9 Å². The van der Waals surface area contributed by atoms with E-state index in [1.54, 1.807) is 19.1 Å². The number of nitro groups is 1. The molecule has 2 aromatic rings. The quantitative estimate of drug-likeness (QED) is 0.489. The largest absolute Gasteiger partial charge is 0.375 e. The maximum Gasteiger partial charge on any atom is 0.294 e. The van der Waals surface area contributed by atoms with Gasteiger partial charge in [-0.2, -0.15) is 0 Å². The van der Waals surface area contributed by atoms with Crippen LogP contribution in [0.4, 0.5) is 17.1 Å². The molecule has 0 saturated carbocycles. The molecule has 0 spiro atoms. The predicted octanol–water partition coefficient (Wildman–Crippen LogP) is 3.76. The molecule has 1 saturated heterocycles. The van der Waals surface area contributed by atoms with Gasteiger partial charge in [0.05, 0.1) is 10.6 Å². The Balaban J connectivity index is 1.85. The highest BCUT2D eigenvalue weighted by Gasteiger charge is 2.37. The lowest BCUT2D eigenvalue weighted by molar-refractivity contribution is -0.383. The molecular formula is C18H16ClN3O4. The van der Waals surface area contributed by atoms with Gasteiger partial charge in [0.2, 0.25) is 11.8 Å². The predicted molar refractivity (Wildman–Crippen MR) is 98.1 cm³/mol. The lowest BCUT2D eigenvalue weighted by Crippen LogP contribution is -2.30. The molecule has 0 radical (unpaired) electrons. The SMILES string of the molecule is C[C@H]1CC(=O)N(c2ccc(NCc3ccc(Cl)cc3)c([N+](=O)[O-])c2)C1=O. The summed E-state index contributed by atoms with van der Waals surface area (Å²) in [7, 11) is 0. The molecule has 26 heavy (non-hydrogen) atoms. The van der Waals surface area contributed by atoms with Gasteiger partial charge >= 0.3 is 0 Å². The van der Waals surface area contributed by atoms with Crippen LogP contribution in [0.2, 0.25) is 5.02 Å². The minimum Gasteiger partial charge on any atom is -0.375 e. The molecular weight excluding hydrogens is 358 g/mol. The third-order valence-electron chi connectivity index (χ3n) is 4.20. The van der Waals surface area contributed by atoms with Gasteiger partial charge in [-0.05, 0) is 29.8 Å². The molecule has 0 aromatic heterocycles. The number of anilines is 2. The van der Waals surface area contributed by atoms with Gasteiger partial charge in [-0.15, -0.1) is 0 Å². The molecule has 0 unspecified atom stereocenters. The zero-order valence-electron chi connectivity index (χ0n) is 13.9. The normalized spacial score (nSPS) is 16.8. The number of nitrogens with zero attached hydrogens (tertiary/aromatic N) is 2. The molecule has 2 amide bonds. The Hall–Kier alpha value is -2.93. The molecule has 3 rings (SSSR count). The second-order valence-corrected chi connectivity index (χ2v) is 6.55. The van der Waals surface area contributed by atoms with E-state index in [2.05, 4.69) is 5.32 Å². The summed E-state index contributed by atoms with van der Waals surface area (Å²) in [5, 5.41) is 15.0. The van der Waals surface area contributed by atoms with Crippen LogP contribution in [0.15, 0.2) is 42.5 Å². The summed E-state index contributed by atoms with van der Waals surface area (Å²) in [5.41, 5.74) is 1.23. The molecule has 1 heterocycles. The van der Waals surface area contributed by atoms with E-state index >= 15 is 0 Å². The van der Waals surface area contributed by atoms with Crippen molar-refractivity contribution in [3.8, 4) is 0 Å². The van der Waals surface area contributed by atoms with E-state index < -0.39 is 10.8 Å². The van der Waals surface area contributed by atoms with Crippen molar-refractivity contribution in [3.63, 3.8) is 0 Å². The Kier molecular flexibility index (Phi) is 4.90. The Morgan fingerprint density at radius 2 is 1.92 bits per heavy atom. The maximum atomic E-state index is 12.1. The molecule has 1 atom stereocenters. The average Bonchev–Trinajstić information content (AvgIpc) is 2.86. The summed E-state index contributed by atoms with van der Waals surface area (Å²) in [4.78, 5) is 36.0. The maximum absolute atomic E-state index is 12.1. The standard InChI is InChI=1S/C18H16ClN3O4/c1-11-8-17(23)21(18(11)24)14-6-7-15(16(9-14)22(25)26)20-10-12-2-4-13(19)5-3-12/h2-7,9,11,20H,8,10H2,1H3/t11-/m0/s1. The Labute approximate surface area is 154 Å². The lowest BCUT2D eigenvalue weighted by atomic mass is 10.1. The van der Waals surface area contributed by atoms with Crippen LogP contribution >= 0.6 is 11.6 Å². The van der Waals surface area contributed by atoms with Crippen molar-refractivity contribution in [2.24, 2.45) is 5.92 Å². The number of nitro benzene ring substituents is 1. The minimum atomic E-state index is -0.540. The highest BCUT2D eigenvalue weighted by atomic mass is 35.5. The van der Waals surface area contributed by atoms with Gasteiger partial charge in [0.25, 0.3) is 5.69 Å². The molecule has 1 aliphatic rings. The first-order valence-electron chi connectivity index (χ1n) is 8.00. The summed E-state index contributed by atoms with van der Waals surface area (Å²) in [6.07, 6.45) is 0.114. The number of halogens is 1. The van der Waals surface area contributed by atoms with Crippen molar-refractivity contribution in [1.29, 1.82) is 0 Å². The van der Waals surface area contributed by atoms with Crippen molar-refractivity contribution in [1.82, 2.24) is 0 Å². The second kappa shape index (κ2) is 7.13. The van der Waals surface area contributed by atoms with E-state index in [0.29, 0.717) is 17.3 Å². The van der Waals surface area contributed by atoms with Gasteiger partial charge in [-0.25, -0.2) is 0 Å². The van der Waals surface area contributed by atoms with Crippen LogP contribution < -0.4 is 10.2 Å². The number of amides is 2. The van der Waals surface area contributed by atoms with Crippen LogP contribution in [-0.2, 0) is 16.1 Å². The third-order valence-corrected chi connectivity index (χ3v) is 4.46. The molecule has 1 N–H and O–H groups in total. The summed E-state index contributed by atoms with van der Waals surface area (Å²) in [5.74, 6) is -1.10. The number of rotatable bonds is 5. The minimum absolute atomic E-state index is 0.114. The third kappa shape index (κ3) is 3.52. The molecule has 1 fully saturated rings. The number of benzene rings is 2. The fourth-order valence-electron chi connectivity index (χ4n) is 2.81. The topological polar surface area (TPSA) is 92.6 Å². The number of hydrogen-bond donors (Lipinski definition) is 1. The number of carbonyl (C=O) groups is 2. The van der Waals surface area contributed by atoms with Gasteiger partial charge in [0.1, 0.15) is 5.69 Å². The number of hydrogen-bond acceptors (Lipinski definition) is 5. The Morgan fingerprint density at radius 3 is 2.50 bits per heavy atom. The fraction of sp³-hybridized carbons (Fsp3) is 0.222. The first kappa shape index (κ1) is 17.9. The van der Waals surface area contributed by atoms with E-state index in [0.717, 1.165) is 10.5 Å². The van der Waals surface area contributed by atoms with Crippen molar-refractivity contribution >= 4 is 40.5 Å². The lowest BCUT2D eigenvalue weighted by Gasteiger charge is -2.15. The van der Waals surface area contributed by atoms with Gasteiger partial charge < -0.3 is 5.32 Å². The average molecular weight is 374 g/mol. The fourth-order valence-corrected chi connectivity index (χ4v) is 2.94.